The second kappa shape index (κ2) is 4.63. The lowest BCUT2D eigenvalue weighted by Gasteiger charge is -2.09. The molecule has 1 aromatic carbocycles. The van der Waals surface area contributed by atoms with Crippen molar-refractivity contribution in [3.05, 3.63) is 39.2 Å². The van der Waals surface area contributed by atoms with Crippen LogP contribution < -0.4 is 16.1 Å². The molecule has 1 heterocycles. The zero-order chi connectivity index (χ0) is 14.2. The van der Waals surface area contributed by atoms with Crippen LogP contribution in [-0.2, 0) is 10.0 Å². The molecule has 0 spiro atoms. The number of fused-ring (bicyclic) bond motifs is 1. The Morgan fingerprint density at radius 2 is 1.95 bits per heavy atom. The quantitative estimate of drug-likeness (QED) is 0.835. The Kier molecular flexibility index (Phi) is 3.29. The monoisotopic (exact) mass is 284 g/mol. The van der Waals surface area contributed by atoms with E-state index in [-0.39, 0.29) is 21.8 Å². The molecular formula is C11H12N2O5S. The van der Waals surface area contributed by atoms with Gasteiger partial charge in [0, 0.05) is 6.04 Å². The van der Waals surface area contributed by atoms with E-state index in [0.29, 0.717) is 0 Å². The molecule has 2 rings (SSSR count). The molecule has 19 heavy (non-hydrogen) atoms. The summed E-state index contributed by atoms with van der Waals surface area (Å²) in [6.07, 6.45) is 0. The second-order valence-electron chi connectivity index (χ2n) is 4.29. The third-order valence-corrected chi connectivity index (χ3v) is 3.99. The molecule has 0 radical (unpaired) electrons. The minimum absolute atomic E-state index is 0.00577. The highest BCUT2D eigenvalue weighted by Crippen LogP contribution is 2.14. The van der Waals surface area contributed by atoms with Crippen LogP contribution in [0.3, 0.4) is 0 Å². The van der Waals surface area contributed by atoms with E-state index < -0.39 is 21.4 Å². The van der Waals surface area contributed by atoms with Crippen LogP contribution in [0.5, 0.6) is 0 Å². The first-order valence-corrected chi connectivity index (χ1v) is 6.97. The first-order chi connectivity index (χ1) is 8.79. The van der Waals surface area contributed by atoms with Crippen molar-refractivity contribution < 1.29 is 12.8 Å². The van der Waals surface area contributed by atoms with E-state index in [4.69, 9.17) is 0 Å². The Hall–Kier alpha value is -1.93. The number of rotatable bonds is 3. The van der Waals surface area contributed by atoms with Gasteiger partial charge in [0.15, 0.2) is 0 Å². The summed E-state index contributed by atoms with van der Waals surface area (Å²) < 4.78 is 30.7. The second-order valence-corrected chi connectivity index (χ2v) is 6.00. The molecule has 0 aliphatic heterocycles. The molecule has 102 valence electrons. The maximum Gasteiger partial charge on any atom is 0.419 e. The van der Waals surface area contributed by atoms with E-state index in [2.05, 4.69) is 14.1 Å². The molecule has 8 heteroatoms. The third-order valence-electron chi connectivity index (χ3n) is 2.33. The number of H-pyrrole nitrogens is 1. The fourth-order valence-electron chi connectivity index (χ4n) is 1.62. The number of hydrogen-bond acceptors (Lipinski definition) is 5. The van der Waals surface area contributed by atoms with Gasteiger partial charge in [0.1, 0.15) is 0 Å². The van der Waals surface area contributed by atoms with Gasteiger partial charge < -0.3 is 4.42 Å². The Balaban J connectivity index is 2.66. The molecule has 0 saturated heterocycles. The van der Waals surface area contributed by atoms with Crippen LogP contribution in [0.15, 0.2) is 37.1 Å². The maximum absolute atomic E-state index is 11.9. The average molecular weight is 284 g/mol. The zero-order valence-corrected chi connectivity index (χ0v) is 11.1. The van der Waals surface area contributed by atoms with E-state index in [0.717, 1.165) is 0 Å². The molecule has 0 amide bonds. The van der Waals surface area contributed by atoms with Crippen LogP contribution in [0.4, 0.5) is 0 Å². The highest BCUT2D eigenvalue weighted by atomic mass is 32.2. The van der Waals surface area contributed by atoms with Crippen LogP contribution in [0.25, 0.3) is 10.9 Å². The lowest BCUT2D eigenvalue weighted by molar-refractivity contribution is 0.460. The highest BCUT2D eigenvalue weighted by Gasteiger charge is 2.16. The van der Waals surface area contributed by atoms with Gasteiger partial charge in [-0.05, 0) is 32.0 Å². The Labute approximate surface area is 108 Å². The molecule has 0 saturated carbocycles. The summed E-state index contributed by atoms with van der Waals surface area (Å²) in [7, 11) is -3.70. The van der Waals surface area contributed by atoms with Crippen molar-refractivity contribution in [2.45, 2.75) is 24.8 Å². The van der Waals surface area contributed by atoms with Crippen LogP contribution in [0.1, 0.15) is 13.8 Å². The van der Waals surface area contributed by atoms with Crippen LogP contribution >= 0.6 is 0 Å². The van der Waals surface area contributed by atoms with E-state index in [9.17, 15) is 18.0 Å². The topological polar surface area (TPSA) is 109 Å². The summed E-state index contributed by atoms with van der Waals surface area (Å²) in [6, 6.07) is 3.56. The predicted octanol–water partition coefficient (Wildman–Crippen LogP) is 0.168. The van der Waals surface area contributed by atoms with Crippen molar-refractivity contribution in [2.24, 2.45) is 0 Å². The zero-order valence-electron chi connectivity index (χ0n) is 10.3. The molecule has 2 N–H and O–H groups in total. The number of sulfonamides is 1. The largest absolute Gasteiger partial charge is 0.419 e. The summed E-state index contributed by atoms with van der Waals surface area (Å²) in [5, 5.41) is 0.00577. The lowest BCUT2D eigenvalue weighted by atomic mass is 10.2. The first-order valence-electron chi connectivity index (χ1n) is 5.49. The van der Waals surface area contributed by atoms with Gasteiger partial charge in [0.05, 0.1) is 15.8 Å². The third kappa shape index (κ3) is 2.74. The van der Waals surface area contributed by atoms with E-state index in [1.807, 2.05) is 0 Å². The van der Waals surface area contributed by atoms with Crippen molar-refractivity contribution in [1.82, 2.24) is 9.71 Å². The SMILES string of the molecule is CC(C)NS(=O)(=O)c1ccc2[nH]c(=O)oc(=O)c2c1. The Bertz CT molecular complexity index is 832. The summed E-state index contributed by atoms with van der Waals surface area (Å²) in [5.74, 6) is -0.881. The van der Waals surface area contributed by atoms with Crippen molar-refractivity contribution in [3.63, 3.8) is 0 Å². The fraction of sp³-hybridized carbons (Fsp3) is 0.273. The van der Waals surface area contributed by atoms with E-state index in [1.54, 1.807) is 13.8 Å². The minimum Gasteiger partial charge on any atom is -0.372 e. The van der Waals surface area contributed by atoms with Crippen LogP contribution in [-0.4, -0.2) is 19.4 Å². The molecule has 2 aromatic rings. The predicted molar refractivity (Wildman–Crippen MR) is 68.6 cm³/mol. The molecule has 7 nitrogen and oxygen atoms in total. The molecule has 0 atom stereocenters. The molecule has 0 aliphatic rings. The van der Waals surface area contributed by atoms with Gasteiger partial charge in [-0.15, -0.1) is 0 Å². The fourth-order valence-corrected chi connectivity index (χ4v) is 2.90. The van der Waals surface area contributed by atoms with E-state index in [1.165, 1.54) is 18.2 Å². The van der Waals surface area contributed by atoms with Crippen molar-refractivity contribution in [2.75, 3.05) is 0 Å². The number of aromatic nitrogens is 1. The first kappa shape index (κ1) is 13.5. The lowest BCUT2D eigenvalue weighted by Crippen LogP contribution is -2.30. The average Bonchev–Trinajstić information content (AvgIpc) is 2.26. The molecule has 1 aromatic heterocycles. The summed E-state index contributed by atoms with van der Waals surface area (Å²) in [4.78, 5) is 24.7. The smallest absolute Gasteiger partial charge is 0.372 e. The maximum atomic E-state index is 11.9. The van der Waals surface area contributed by atoms with Crippen LogP contribution in [0.2, 0.25) is 0 Å². The standard InChI is InChI=1S/C11H12N2O5S/c1-6(2)13-19(16,17)7-3-4-9-8(5-7)10(14)18-11(15)12-9/h3-6,13H,1-2H3,(H,12,15). The summed E-state index contributed by atoms with van der Waals surface area (Å²) >= 11 is 0. The van der Waals surface area contributed by atoms with Crippen molar-refractivity contribution in [1.29, 1.82) is 0 Å². The number of hydrogen-bond donors (Lipinski definition) is 2. The number of nitrogens with one attached hydrogen (secondary N) is 2. The van der Waals surface area contributed by atoms with Gasteiger partial charge in [0.2, 0.25) is 10.0 Å². The van der Waals surface area contributed by atoms with Crippen molar-refractivity contribution in [3.8, 4) is 0 Å². The molecular weight excluding hydrogens is 272 g/mol. The highest BCUT2D eigenvalue weighted by molar-refractivity contribution is 7.89. The molecule has 0 unspecified atom stereocenters. The summed E-state index contributed by atoms with van der Waals surface area (Å²) in [5.41, 5.74) is -0.648. The van der Waals surface area contributed by atoms with Gasteiger partial charge in [-0.2, -0.15) is 0 Å². The van der Waals surface area contributed by atoms with Gasteiger partial charge in [-0.3, -0.25) is 4.98 Å². The Morgan fingerprint density at radius 3 is 2.58 bits per heavy atom. The Morgan fingerprint density at radius 1 is 1.26 bits per heavy atom. The normalized spacial score (nSPS) is 12.2. The summed E-state index contributed by atoms with van der Waals surface area (Å²) in [6.45, 7) is 3.37. The van der Waals surface area contributed by atoms with Gasteiger partial charge in [-0.1, -0.05) is 0 Å². The molecule has 0 fully saturated rings. The van der Waals surface area contributed by atoms with Gasteiger partial charge >= 0.3 is 11.4 Å². The number of benzene rings is 1. The molecule has 0 bridgehead atoms. The van der Waals surface area contributed by atoms with Gasteiger partial charge in [-0.25, -0.2) is 22.7 Å². The number of aromatic amines is 1. The van der Waals surface area contributed by atoms with Gasteiger partial charge in [0.25, 0.3) is 0 Å². The van der Waals surface area contributed by atoms with E-state index >= 15 is 0 Å². The van der Waals surface area contributed by atoms with Crippen LogP contribution in [0, 0.1) is 0 Å². The minimum atomic E-state index is -3.70. The molecule has 0 aliphatic carbocycles. The van der Waals surface area contributed by atoms with Crippen molar-refractivity contribution >= 4 is 20.9 Å².